The minimum atomic E-state index is -4.73. The van der Waals surface area contributed by atoms with Gasteiger partial charge in [-0.25, -0.2) is 16.8 Å². The third-order valence-electron chi connectivity index (χ3n) is 3.47. The van der Waals surface area contributed by atoms with Gasteiger partial charge in [-0.05, 0) is 24.3 Å². The second-order valence-electron chi connectivity index (χ2n) is 5.12. The molecular weight excluding hydrogens is 368 g/mol. The largest absolute Gasteiger partial charge is 0.394 e. The Labute approximate surface area is 146 Å². The van der Waals surface area contributed by atoms with E-state index < -0.39 is 37.2 Å². The molecule has 25 heavy (non-hydrogen) atoms. The standard InChI is InChI=1S/C16H18O7S2/c17-11-12-23-13-16(18,24(19,20)14-7-3-1-4-8-14)25(21,22)15-9-5-2-6-10-15/h1-10,17-18H,11-13H2. The van der Waals surface area contributed by atoms with Gasteiger partial charge in [0, 0.05) is 0 Å². The number of rotatable bonds is 8. The molecule has 136 valence electrons. The van der Waals surface area contributed by atoms with Crippen molar-refractivity contribution < 1.29 is 31.8 Å². The summed E-state index contributed by atoms with van der Waals surface area (Å²) >= 11 is 0. The first-order chi connectivity index (χ1) is 11.8. The molecule has 2 aromatic rings. The van der Waals surface area contributed by atoms with E-state index in [9.17, 15) is 21.9 Å². The maximum atomic E-state index is 12.9. The number of hydrogen-bond donors (Lipinski definition) is 2. The van der Waals surface area contributed by atoms with E-state index in [1.54, 1.807) is 12.1 Å². The van der Waals surface area contributed by atoms with Crippen LogP contribution >= 0.6 is 0 Å². The highest BCUT2D eigenvalue weighted by molar-refractivity contribution is 8.10. The summed E-state index contributed by atoms with van der Waals surface area (Å²) in [6, 6.07) is 13.5. The average Bonchev–Trinajstić information content (AvgIpc) is 2.63. The molecule has 0 bridgehead atoms. The fourth-order valence-corrected chi connectivity index (χ4v) is 6.11. The molecule has 0 saturated carbocycles. The Kier molecular flexibility index (Phi) is 5.96. The van der Waals surface area contributed by atoms with Gasteiger partial charge in [0.05, 0.1) is 23.0 Å². The SMILES string of the molecule is O=S(=O)(c1ccccc1)C(O)(COCCO)S(=O)(=O)c1ccccc1. The van der Waals surface area contributed by atoms with Gasteiger partial charge < -0.3 is 14.9 Å². The summed E-state index contributed by atoms with van der Waals surface area (Å²) < 4.78 is 53.3. The third-order valence-corrected chi connectivity index (χ3v) is 8.48. The van der Waals surface area contributed by atoms with Crippen LogP contribution in [0.3, 0.4) is 0 Å². The zero-order chi connectivity index (χ0) is 18.6. The summed E-state index contributed by atoms with van der Waals surface area (Å²) in [5.41, 5.74) is 0. The number of aliphatic hydroxyl groups excluding tert-OH is 1. The van der Waals surface area contributed by atoms with E-state index in [4.69, 9.17) is 9.84 Å². The molecule has 2 rings (SSSR count). The summed E-state index contributed by atoms with van der Waals surface area (Å²) in [6.45, 7) is -1.81. The van der Waals surface area contributed by atoms with Crippen LogP contribution in [0.2, 0.25) is 0 Å². The van der Waals surface area contributed by atoms with Gasteiger partial charge in [-0.15, -0.1) is 0 Å². The molecule has 2 aromatic carbocycles. The quantitative estimate of drug-likeness (QED) is 0.638. The van der Waals surface area contributed by atoms with E-state index in [0.717, 1.165) is 0 Å². The van der Waals surface area contributed by atoms with Crippen LogP contribution < -0.4 is 0 Å². The Bertz CT molecular complexity index is 823. The van der Waals surface area contributed by atoms with E-state index in [1.165, 1.54) is 48.5 Å². The van der Waals surface area contributed by atoms with Crippen LogP contribution in [0, 0.1) is 0 Å². The van der Waals surface area contributed by atoms with Crippen LogP contribution in [0.15, 0.2) is 70.5 Å². The number of aliphatic hydroxyl groups is 2. The van der Waals surface area contributed by atoms with E-state index in [0.29, 0.717) is 0 Å². The minimum absolute atomic E-state index is 0.322. The Hall–Kier alpha value is -1.78. The zero-order valence-corrected chi connectivity index (χ0v) is 14.8. The van der Waals surface area contributed by atoms with Gasteiger partial charge in [0.1, 0.15) is 6.61 Å². The van der Waals surface area contributed by atoms with Gasteiger partial charge in [-0.1, -0.05) is 36.4 Å². The lowest BCUT2D eigenvalue weighted by atomic mass is 10.4. The highest BCUT2D eigenvalue weighted by atomic mass is 32.3. The van der Waals surface area contributed by atoms with Gasteiger partial charge in [0.2, 0.25) is 19.7 Å². The first-order valence-electron chi connectivity index (χ1n) is 7.28. The maximum absolute atomic E-state index is 12.9. The van der Waals surface area contributed by atoms with E-state index in [-0.39, 0.29) is 16.4 Å². The van der Waals surface area contributed by atoms with Crippen molar-refractivity contribution >= 4 is 19.7 Å². The maximum Gasteiger partial charge on any atom is 0.300 e. The van der Waals surface area contributed by atoms with Gasteiger partial charge in [-0.3, -0.25) is 0 Å². The molecule has 9 heteroatoms. The molecule has 0 unspecified atom stereocenters. The minimum Gasteiger partial charge on any atom is -0.394 e. The molecule has 2 N–H and O–H groups in total. The fraction of sp³-hybridized carbons (Fsp3) is 0.250. The molecule has 0 aromatic heterocycles. The molecule has 0 spiro atoms. The monoisotopic (exact) mass is 386 g/mol. The van der Waals surface area contributed by atoms with Gasteiger partial charge in [0.25, 0.3) is 0 Å². The van der Waals surface area contributed by atoms with Crippen molar-refractivity contribution in [1.29, 1.82) is 0 Å². The van der Waals surface area contributed by atoms with E-state index in [1.807, 2.05) is 0 Å². The lowest BCUT2D eigenvalue weighted by Crippen LogP contribution is -2.50. The second kappa shape index (κ2) is 7.63. The van der Waals surface area contributed by atoms with Crippen molar-refractivity contribution in [2.24, 2.45) is 0 Å². The Balaban J connectivity index is 2.63. The van der Waals surface area contributed by atoms with Crippen molar-refractivity contribution in [1.82, 2.24) is 0 Å². The van der Waals surface area contributed by atoms with Crippen LogP contribution in [-0.2, 0) is 24.4 Å². The van der Waals surface area contributed by atoms with Crippen LogP contribution in [-0.4, -0.2) is 51.1 Å². The number of benzene rings is 2. The first-order valence-corrected chi connectivity index (χ1v) is 10.2. The summed E-state index contributed by atoms with van der Waals surface area (Å²) in [5, 5.41) is 19.6. The Morgan fingerprint density at radius 3 is 1.56 bits per heavy atom. The first kappa shape index (κ1) is 19.5. The van der Waals surface area contributed by atoms with Crippen molar-refractivity contribution in [3.63, 3.8) is 0 Å². The van der Waals surface area contributed by atoms with Crippen LogP contribution in [0.25, 0.3) is 0 Å². The predicted molar refractivity (Wildman–Crippen MR) is 90.1 cm³/mol. The lowest BCUT2D eigenvalue weighted by Gasteiger charge is -2.27. The lowest BCUT2D eigenvalue weighted by molar-refractivity contribution is 0.0339. The molecule has 0 heterocycles. The topological polar surface area (TPSA) is 118 Å². The summed E-state index contributed by atoms with van der Waals surface area (Å²) in [4.78, 5) is -0.714. The van der Waals surface area contributed by atoms with Gasteiger partial charge >= 0.3 is 4.27 Å². The van der Waals surface area contributed by atoms with Crippen molar-refractivity contribution in [2.45, 2.75) is 14.1 Å². The summed E-state index contributed by atoms with van der Waals surface area (Å²) in [6.07, 6.45) is 0. The molecule has 0 aliphatic rings. The zero-order valence-electron chi connectivity index (χ0n) is 13.1. The number of sulfone groups is 2. The van der Waals surface area contributed by atoms with E-state index >= 15 is 0 Å². The van der Waals surface area contributed by atoms with Crippen molar-refractivity contribution in [3.8, 4) is 0 Å². The average molecular weight is 386 g/mol. The highest BCUT2D eigenvalue weighted by Gasteiger charge is 2.55. The molecule has 0 amide bonds. The van der Waals surface area contributed by atoms with Crippen LogP contribution in [0.1, 0.15) is 0 Å². The second-order valence-corrected chi connectivity index (χ2v) is 9.69. The fourth-order valence-electron chi connectivity index (χ4n) is 2.13. The third kappa shape index (κ3) is 3.60. The van der Waals surface area contributed by atoms with Crippen molar-refractivity contribution in [2.75, 3.05) is 19.8 Å². The molecule has 0 atom stereocenters. The molecule has 0 fully saturated rings. The van der Waals surface area contributed by atoms with Gasteiger partial charge in [0.15, 0.2) is 0 Å². The molecule has 7 nitrogen and oxygen atoms in total. The smallest absolute Gasteiger partial charge is 0.300 e. The van der Waals surface area contributed by atoms with Crippen LogP contribution in [0.5, 0.6) is 0 Å². The molecule has 0 aliphatic heterocycles. The van der Waals surface area contributed by atoms with Gasteiger partial charge in [-0.2, -0.15) is 0 Å². The predicted octanol–water partition coefficient (Wildman–Crippen LogP) is 0.589. The van der Waals surface area contributed by atoms with Crippen LogP contribution in [0.4, 0.5) is 0 Å². The van der Waals surface area contributed by atoms with E-state index in [2.05, 4.69) is 0 Å². The molecule has 0 radical (unpaired) electrons. The highest BCUT2D eigenvalue weighted by Crippen LogP contribution is 2.33. The summed E-state index contributed by atoms with van der Waals surface area (Å²) in [7, 11) is -9.45. The van der Waals surface area contributed by atoms with Crippen molar-refractivity contribution in [3.05, 3.63) is 60.7 Å². The Morgan fingerprint density at radius 1 is 0.800 bits per heavy atom. The number of hydrogen-bond acceptors (Lipinski definition) is 7. The molecule has 0 saturated heterocycles. The molecule has 0 aliphatic carbocycles. The normalized spacial score (nSPS) is 12.9. The summed E-state index contributed by atoms with van der Waals surface area (Å²) in [5.74, 6) is 0. The molecular formula is C16H18O7S2. The Morgan fingerprint density at radius 2 is 1.20 bits per heavy atom. The number of ether oxygens (including phenoxy) is 1.